The standard InChI is InChI=1S/C15H14N2O3S/c1-9-14(21-15(16-9)17-10(2)18)13(20)8-5-11-3-6-12(19)7-4-11/h3-8,19H,1-2H3,(H,16,17,18). The molecule has 2 rings (SSSR count). The number of thiazole rings is 1. The molecule has 2 aromatic rings. The fourth-order valence-electron chi connectivity index (χ4n) is 1.66. The molecule has 0 aliphatic carbocycles. The maximum atomic E-state index is 12.1. The first kappa shape index (κ1) is 14.9. The Morgan fingerprint density at radius 2 is 1.95 bits per heavy atom. The molecule has 0 atom stereocenters. The van der Waals surface area contributed by atoms with Crippen LogP contribution < -0.4 is 5.32 Å². The highest BCUT2D eigenvalue weighted by atomic mass is 32.1. The number of hydrogen-bond acceptors (Lipinski definition) is 5. The van der Waals surface area contributed by atoms with E-state index < -0.39 is 0 Å². The average Bonchev–Trinajstić information content (AvgIpc) is 2.77. The Hall–Kier alpha value is -2.47. The molecule has 0 aliphatic rings. The van der Waals surface area contributed by atoms with E-state index in [0.717, 1.165) is 16.9 Å². The number of aromatic nitrogens is 1. The first-order valence-corrected chi connectivity index (χ1v) is 7.04. The lowest BCUT2D eigenvalue weighted by Crippen LogP contribution is -2.04. The minimum absolute atomic E-state index is 0.172. The Morgan fingerprint density at radius 3 is 2.57 bits per heavy atom. The van der Waals surface area contributed by atoms with Gasteiger partial charge in [-0.05, 0) is 30.7 Å². The van der Waals surface area contributed by atoms with Gasteiger partial charge in [0.25, 0.3) is 0 Å². The summed E-state index contributed by atoms with van der Waals surface area (Å²) in [6.45, 7) is 3.12. The monoisotopic (exact) mass is 302 g/mol. The number of ketones is 1. The van der Waals surface area contributed by atoms with Gasteiger partial charge in [0, 0.05) is 6.92 Å². The topological polar surface area (TPSA) is 79.3 Å². The van der Waals surface area contributed by atoms with E-state index in [-0.39, 0.29) is 17.4 Å². The fourth-order valence-corrected chi connectivity index (χ4v) is 2.59. The summed E-state index contributed by atoms with van der Waals surface area (Å²) in [4.78, 5) is 27.7. The predicted octanol–water partition coefficient (Wildman–Crippen LogP) is 3.01. The minimum Gasteiger partial charge on any atom is -0.508 e. The second-order valence-electron chi connectivity index (χ2n) is 4.40. The van der Waals surface area contributed by atoms with Crippen LogP contribution in [0.15, 0.2) is 30.3 Å². The molecule has 6 heteroatoms. The zero-order valence-corrected chi connectivity index (χ0v) is 12.4. The van der Waals surface area contributed by atoms with Crippen LogP contribution in [0.1, 0.15) is 27.9 Å². The van der Waals surface area contributed by atoms with Gasteiger partial charge in [0.1, 0.15) is 5.75 Å². The number of nitrogens with zero attached hydrogens (tertiary/aromatic N) is 1. The molecule has 0 saturated carbocycles. The first-order valence-electron chi connectivity index (χ1n) is 6.22. The summed E-state index contributed by atoms with van der Waals surface area (Å²) in [6.07, 6.45) is 3.11. The number of amides is 1. The summed E-state index contributed by atoms with van der Waals surface area (Å²) in [6, 6.07) is 6.52. The van der Waals surface area contributed by atoms with Crippen molar-refractivity contribution in [3.8, 4) is 5.75 Å². The van der Waals surface area contributed by atoms with E-state index in [4.69, 9.17) is 0 Å². The van der Waals surface area contributed by atoms with Crippen LogP contribution in [-0.4, -0.2) is 21.8 Å². The molecule has 2 N–H and O–H groups in total. The van der Waals surface area contributed by atoms with Crippen LogP contribution in [0, 0.1) is 6.92 Å². The lowest BCUT2D eigenvalue weighted by atomic mass is 10.1. The molecule has 0 fully saturated rings. The van der Waals surface area contributed by atoms with Crippen molar-refractivity contribution in [2.75, 3.05) is 5.32 Å². The first-order chi connectivity index (χ1) is 9.95. The second-order valence-corrected chi connectivity index (χ2v) is 5.40. The number of carbonyl (C=O) groups is 2. The van der Waals surface area contributed by atoms with Gasteiger partial charge in [0.2, 0.25) is 5.91 Å². The van der Waals surface area contributed by atoms with Crippen molar-refractivity contribution >= 4 is 34.2 Å². The molecule has 1 aromatic heterocycles. The van der Waals surface area contributed by atoms with E-state index in [2.05, 4.69) is 10.3 Å². The maximum Gasteiger partial charge on any atom is 0.223 e. The highest BCUT2D eigenvalue weighted by Crippen LogP contribution is 2.23. The molecular formula is C15H14N2O3S. The van der Waals surface area contributed by atoms with Gasteiger partial charge in [-0.1, -0.05) is 29.5 Å². The van der Waals surface area contributed by atoms with E-state index >= 15 is 0 Å². The van der Waals surface area contributed by atoms with E-state index in [1.165, 1.54) is 13.0 Å². The van der Waals surface area contributed by atoms with E-state index in [1.807, 2.05) is 0 Å². The molecule has 5 nitrogen and oxygen atoms in total. The molecule has 0 saturated heterocycles. The molecule has 1 heterocycles. The van der Waals surface area contributed by atoms with Gasteiger partial charge in [-0.2, -0.15) is 0 Å². The Morgan fingerprint density at radius 1 is 1.29 bits per heavy atom. The molecular weight excluding hydrogens is 288 g/mol. The second kappa shape index (κ2) is 6.32. The predicted molar refractivity (Wildman–Crippen MR) is 82.6 cm³/mol. The SMILES string of the molecule is CC(=O)Nc1nc(C)c(C(=O)C=Cc2ccc(O)cc2)s1. The van der Waals surface area contributed by atoms with Crippen molar-refractivity contribution in [2.24, 2.45) is 0 Å². The van der Waals surface area contributed by atoms with E-state index in [1.54, 1.807) is 37.3 Å². The van der Waals surface area contributed by atoms with Crippen LogP contribution in [-0.2, 0) is 4.79 Å². The van der Waals surface area contributed by atoms with Crippen molar-refractivity contribution < 1.29 is 14.7 Å². The number of aromatic hydroxyl groups is 1. The third-order valence-corrected chi connectivity index (χ3v) is 3.71. The third kappa shape index (κ3) is 4.00. The summed E-state index contributed by atoms with van der Waals surface area (Å²) in [7, 11) is 0. The minimum atomic E-state index is -0.220. The summed E-state index contributed by atoms with van der Waals surface area (Å²) < 4.78 is 0. The van der Waals surface area contributed by atoms with Crippen LogP contribution in [0.3, 0.4) is 0 Å². The van der Waals surface area contributed by atoms with Crippen LogP contribution in [0.2, 0.25) is 0 Å². The Bertz CT molecular complexity index is 702. The Kier molecular flexibility index (Phi) is 4.49. The number of anilines is 1. The zero-order chi connectivity index (χ0) is 15.4. The fraction of sp³-hybridized carbons (Fsp3) is 0.133. The number of rotatable bonds is 4. The highest BCUT2D eigenvalue weighted by Gasteiger charge is 2.13. The van der Waals surface area contributed by atoms with Crippen LogP contribution in [0.4, 0.5) is 5.13 Å². The molecule has 1 amide bonds. The molecule has 108 valence electrons. The van der Waals surface area contributed by atoms with Gasteiger partial charge in [-0.25, -0.2) is 4.98 Å². The third-order valence-electron chi connectivity index (χ3n) is 2.62. The molecule has 0 radical (unpaired) electrons. The van der Waals surface area contributed by atoms with Gasteiger partial charge in [0.15, 0.2) is 10.9 Å². The number of nitrogens with one attached hydrogen (secondary N) is 1. The Balaban J connectivity index is 2.14. The summed E-state index contributed by atoms with van der Waals surface area (Å²) in [5.41, 5.74) is 1.40. The zero-order valence-electron chi connectivity index (χ0n) is 11.6. The van der Waals surface area contributed by atoms with Crippen LogP contribution >= 0.6 is 11.3 Å². The molecule has 0 bridgehead atoms. The van der Waals surface area contributed by atoms with Gasteiger partial charge in [-0.3, -0.25) is 9.59 Å². The quantitative estimate of drug-likeness (QED) is 0.672. The average molecular weight is 302 g/mol. The normalized spacial score (nSPS) is 10.8. The van der Waals surface area contributed by atoms with Gasteiger partial charge < -0.3 is 10.4 Å². The number of benzene rings is 1. The molecule has 0 unspecified atom stereocenters. The number of phenolic OH excluding ortho intramolecular Hbond substituents is 1. The van der Waals surface area contributed by atoms with Crippen molar-refractivity contribution in [1.29, 1.82) is 0 Å². The highest BCUT2D eigenvalue weighted by molar-refractivity contribution is 7.17. The molecule has 0 spiro atoms. The lowest BCUT2D eigenvalue weighted by molar-refractivity contribution is -0.114. The molecule has 1 aromatic carbocycles. The largest absolute Gasteiger partial charge is 0.508 e. The molecule has 0 aliphatic heterocycles. The van der Waals surface area contributed by atoms with Crippen LogP contribution in [0.25, 0.3) is 6.08 Å². The van der Waals surface area contributed by atoms with E-state index in [0.29, 0.717) is 15.7 Å². The van der Waals surface area contributed by atoms with Crippen LogP contribution in [0.5, 0.6) is 5.75 Å². The van der Waals surface area contributed by atoms with Crippen molar-refractivity contribution in [3.05, 3.63) is 46.5 Å². The van der Waals surface area contributed by atoms with E-state index in [9.17, 15) is 14.7 Å². The van der Waals surface area contributed by atoms with Crippen molar-refractivity contribution in [3.63, 3.8) is 0 Å². The number of hydrogen-bond donors (Lipinski definition) is 2. The van der Waals surface area contributed by atoms with Gasteiger partial charge in [-0.15, -0.1) is 0 Å². The summed E-state index contributed by atoms with van der Waals surface area (Å²) in [5, 5.41) is 12.2. The van der Waals surface area contributed by atoms with Crippen molar-refractivity contribution in [1.82, 2.24) is 4.98 Å². The lowest BCUT2D eigenvalue weighted by Gasteiger charge is -1.94. The maximum absolute atomic E-state index is 12.1. The van der Waals surface area contributed by atoms with Gasteiger partial charge in [0.05, 0.1) is 10.6 Å². The Labute approximate surface area is 126 Å². The van der Waals surface area contributed by atoms with Crippen molar-refractivity contribution in [2.45, 2.75) is 13.8 Å². The smallest absolute Gasteiger partial charge is 0.223 e. The number of phenols is 1. The molecule has 21 heavy (non-hydrogen) atoms. The summed E-state index contributed by atoms with van der Waals surface area (Å²) in [5.74, 6) is -0.214. The summed E-state index contributed by atoms with van der Waals surface area (Å²) >= 11 is 1.15. The number of allylic oxidation sites excluding steroid dienone is 1. The number of aryl methyl sites for hydroxylation is 1. The number of carbonyl (C=O) groups excluding carboxylic acids is 2. The van der Waals surface area contributed by atoms with Gasteiger partial charge >= 0.3 is 0 Å².